The van der Waals surface area contributed by atoms with Gasteiger partial charge in [0, 0.05) is 35.6 Å². The summed E-state index contributed by atoms with van der Waals surface area (Å²) in [6.07, 6.45) is 4.53. The van der Waals surface area contributed by atoms with E-state index in [0.29, 0.717) is 29.9 Å². The van der Waals surface area contributed by atoms with Crippen molar-refractivity contribution < 1.29 is 19.4 Å². The second kappa shape index (κ2) is 13.2. The molecule has 1 aromatic carbocycles. The van der Waals surface area contributed by atoms with Crippen LogP contribution >= 0.6 is 11.6 Å². The van der Waals surface area contributed by atoms with Crippen LogP contribution in [0.1, 0.15) is 39.5 Å². The molecule has 0 spiro atoms. The number of aldehydes is 1. The van der Waals surface area contributed by atoms with Crippen molar-refractivity contribution in [1.29, 1.82) is 0 Å². The summed E-state index contributed by atoms with van der Waals surface area (Å²) in [7, 11) is 0. The van der Waals surface area contributed by atoms with Gasteiger partial charge in [-0.3, -0.25) is 9.88 Å². The number of likely N-dealkylation sites (N-methyl/N-ethyl adjacent to an activating group) is 1. The normalized spacial score (nSPS) is 12.2. The Labute approximate surface area is 188 Å². The number of fused-ring (bicyclic) bond motifs is 1. The van der Waals surface area contributed by atoms with E-state index in [-0.39, 0.29) is 19.3 Å². The van der Waals surface area contributed by atoms with Crippen molar-refractivity contribution in [2.24, 2.45) is 0 Å². The summed E-state index contributed by atoms with van der Waals surface area (Å²) >= 11 is 6.12. The van der Waals surface area contributed by atoms with Crippen LogP contribution in [-0.2, 0) is 9.53 Å². The van der Waals surface area contributed by atoms with Gasteiger partial charge < -0.3 is 19.5 Å². The van der Waals surface area contributed by atoms with Gasteiger partial charge in [-0.2, -0.15) is 0 Å². The number of aliphatic hydroxyl groups excluding tert-OH is 1. The van der Waals surface area contributed by atoms with E-state index in [2.05, 4.69) is 16.8 Å². The summed E-state index contributed by atoms with van der Waals surface area (Å²) in [6.45, 7) is 6.74. The number of pyridine rings is 1. The van der Waals surface area contributed by atoms with Gasteiger partial charge in [-0.1, -0.05) is 18.5 Å². The SMILES string of the molecule is CCN(CCO)CCCC(C)N(C(=O)OCCCC=O)c1ccnc2cc(Cl)ccc12. The van der Waals surface area contributed by atoms with Crippen molar-refractivity contribution in [3.63, 3.8) is 0 Å². The number of halogens is 1. The van der Waals surface area contributed by atoms with E-state index in [9.17, 15) is 14.7 Å². The Bertz CT molecular complexity index is 849. The van der Waals surface area contributed by atoms with Gasteiger partial charge in [-0.05, 0) is 63.5 Å². The Balaban J connectivity index is 2.22. The molecule has 0 aliphatic heterocycles. The summed E-state index contributed by atoms with van der Waals surface area (Å²) in [5.74, 6) is 0. The average Bonchev–Trinajstić information content (AvgIpc) is 2.76. The summed E-state index contributed by atoms with van der Waals surface area (Å²) in [4.78, 5) is 31.8. The number of amides is 1. The fourth-order valence-corrected chi connectivity index (χ4v) is 3.70. The molecule has 0 radical (unpaired) electrons. The Kier molecular flexibility index (Phi) is 10.7. The van der Waals surface area contributed by atoms with Crippen LogP contribution < -0.4 is 4.90 Å². The minimum absolute atomic E-state index is 0.118. The highest BCUT2D eigenvalue weighted by Crippen LogP contribution is 2.30. The molecule has 8 heteroatoms. The predicted octanol–water partition coefficient (Wildman–Crippen LogP) is 4.29. The zero-order chi connectivity index (χ0) is 22.6. The molecule has 1 amide bonds. The van der Waals surface area contributed by atoms with Gasteiger partial charge in [0.1, 0.15) is 6.29 Å². The number of nitrogens with zero attached hydrogens (tertiary/aromatic N) is 3. The lowest BCUT2D eigenvalue weighted by Crippen LogP contribution is -2.40. The summed E-state index contributed by atoms with van der Waals surface area (Å²) < 4.78 is 5.48. The van der Waals surface area contributed by atoms with Crippen LogP contribution in [0.25, 0.3) is 10.9 Å². The fraction of sp³-hybridized carbons (Fsp3) is 0.522. The van der Waals surface area contributed by atoms with Crippen LogP contribution in [0, 0.1) is 0 Å². The van der Waals surface area contributed by atoms with Gasteiger partial charge in [0.15, 0.2) is 0 Å². The first kappa shape index (κ1) is 25.0. The maximum Gasteiger partial charge on any atom is 0.414 e. The van der Waals surface area contributed by atoms with Gasteiger partial charge in [-0.15, -0.1) is 0 Å². The Hall–Kier alpha value is -2.22. The topological polar surface area (TPSA) is 83.0 Å². The maximum atomic E-state index is 13.0. The number of carbonyl (C=O) groups excluding carboxylic acids is 2. The molecule has 0 saturated carbocycles. The number of hydrogen-bond acceptors (Lipinski definition) is 6. The largest absolute Gasteiger partial charge is 0.449 e. The maximum absolute atomic E-state index is 13.0. The summed E-state index contributed by atoms with van der Waals surface area (Å²) in [6, 6.07) is 7.10. The van der Waals surface area contributed by atoms with Gasteiger partial charge in [0.25, 0.3) is 0 Å². The van der Waals surface area contributed by atoms with Crippen molar-refractivity contribution in [3.05, 3.63) is 35.5 Å². The molecular weight excluding hydrogens is 418 g/mol. The van der Waals surface area contributed by atoms with Gasteiger partial charge in [0.2, 0.25) is 0 Å². The molecule has 0 bridgehead atoms. The number of benzene rings is 1. The van der Waals surface area contributed by atoms with Crippen molar-refractivity contribution >= 4 is 40.6 Å². The van der Waals surface area contributed by atoms with Gasteiger partial charge in [0.05, 0.1) is 24.4 Å². The minimum atomic E-state index is -0.441. The molecule has 1 N–H and O–H groups in total. The zero-order valence-electron chi connectivity index (χ0n) is 18.3. The number of ether oxygens (including phenoxy) is 1. The lowest BCUT2D eigenvalue weighted by Gasteiger charge is -2.30. The summed E-state index contributed by atoms with van der Waals surface area (Å²) in [5.41, 5.74) is 1.42. The number of carbonyl (C=O) groups is 2. The van der Waals surface area contributed by atoms with E-state index in [1.165, 1.54) is 0 Å². The Morgan fingerprint density at radius 1 is 1.29 bits per heavy atom. The number of aromatic nitrogens is 1. The van der Waals surface area contributed by atoms with Crippen LogP contribution in [0.2, 0.25) is 5.02 Å². The van der Waals surface area contributed by atoms with Crippen LogP contribution in [0.5, 0.6) is 0 Å². The standard InChI is InChI=1S/C23H32ClN3O4/c1-3-26(13-15-29)12-6-7-18(2)27(23(30)31-16-5-4-14-28)22-10-11-25-21-17-19(24)8-9-20(21)22/h8-11,14,17-18,29H,3-7,12-13,15-16H2,1-2H3. The molecule has 0 aliphatic rings. The van der Waals surface area contributed by atoms with Crippen molar-refractivity contribution in [3.8, 4) is 0 Å². The second-order valence-corrected chi connectivity index (χ2v) is 7.87. The molecular formula is C23H32ClN3O4. The van der Waals surface area contributed by atoms with E-state index in [0.717, 1.165) is 43.3 Å². The van der Waals surface area contributed by atoms with Crippen LogP contribution in [-0.4, -0.2) is 66.3 Å². The molecule has 2 aromatic rings. The van der Waals surface area contributed by atoms with E-state index < -0.39 is 6.09 Å². The van der Waals surface area contributed by atoms with E-state index in [1.54, 1.807) is 23.2 Å². The van der Waals surface area contributed by atoms with Gasteiger partial charge in [-0.25, -0.2) is 4.79 Å². The van der Waals surface area contributed by atoms with Crippen molar-refractivity contribution in [2.75, 3.05) is 37.7 Å². The van der Waals surface area contributed by atoms with E-state index in [1.807, 2.05) is 19.1 Å². The molecule has 31 heavy (non-hydrogen) atoms. The quantitative estimate of drug-likeness (QED) is 0.362. The summed E-state index contributed by atoms with van der Waals surface area (Å²) in [5, 5.41) is 10.6. The number of anilines is 1. The van der Waals surface area contributed by atoms with E-state index in [4.69, 9.17) is 16.3 Å². The number of aliphatic hydroxyl groups is 1. The fourth-order valence-electron chi connectivity index (χ4n) is 3.54. The third-order valence-corrected chi connectivity index (χ3v) is 5.47. The molecule has 1 atom stereocenters. The predicted molar refractivity (Wildman–Crippen MR) is 124 cm³/mol. The molecule has 2 rings (SSSR count). The first-order chi connectivity index (χ1) is 15.0. The van der Waals surface area contributed by atoms with Crippen LogP contribution in [0.15, 0.2) is 30.5 Å². The Morgan fingerprint density at radius 3 is 2.81 bits per heavy atom. The monoisotopic (exact) mass is 449 g/mol. The number of rotatable bonds is 13. The molecule has 7 nitrogen and oxygen atoms in total. The zero-order valence-corrected chi connectivity index (χ0v) is 19.1. The molecule has 1 unspecified atom stereocenters. The number of unbranched alkanes of at least 4 members (excludes halogenated alkanes) is 1. The van der Waals surface area contributed by atoms with Crippen LogP contribution in [0.3, 0.4) is 0 Å². The number of hydrogen-bond donors (Lipinski definition) is 1. The lowest BCUT2D eigenvalue weighted by molar-refractivity contribution is -0.108. The first-order valence-electron chi connectivity index (χ1n) is 10.8. The minimum Gasteiger partial charge on any atom is -0.449 e. The molecule has 0 saturated heterocycles. The third kappa shape index (κ3) is 7.45. The average molecular weight is 450 g/mol. The highest BCUT2D eigenvalue weighted by atomic mass is 35.5. The molecule has 0 aliphatic carbocycles. The van der Waals surface area contributed by atoms with Gasteiger partial charge >= 0.3 is 6.09 Å². The Morgan fingerprint density at radius 2 is 2.10 bits per heavy atom. The second-order valence-electron chi connectivity index (χ2n) is 7.43. The first-order valence-corrected chi connectivity index (χ1v) is 11.2. The highest BCUT2D eigenvalue weighted by molar-refractivity contribution is 6.31. The third-order valence-electron chi connectivity index (χ3n) is 5.23. The molecule has 1 aromatic heterocycles. The van der Waals surface area contributed by atoms with E-state index >= 15 is 0 Å². The van der Waals surface area contributed by atoms with Crippen molar-refractivity contribution in [2.45, 2.75) is 45.6 Å². The molecule has 1 heterocycles. The smallest absolute Gasteiger partial charge is 0.414 e. The lowest BCUT2D eigenvalue weighted by atomic mass is 10.1. The molecule has 0 fully saturated rings. The van der Waals surface area contributed by atoms with Crippen LogP contribution in [0.4, 0.5) is 10.5 Å². The highest BCUT2D eigenvalue weighted by Gasteiger charge is 2.25. The van der Waals surface area contributed by atoms with Crippen molar-refractivity contribution in [1.82, 2.24) is 9.88 Å². The molecule has 170 valence electrons.